The molecule has 0 fully saturated rings. The van der Waals surface area contributed by atoms with Crippen molar-refractivity contribution in [3.63, 3.8) is 0 Å². The van der Waals surface area contributed by atoms with Gasteiger partial charge in [-0.25, -0.2) is 0 Å². The van der Waals surface area contributed by atoms with Crippen LogP contribution in [0.15, 0.2) is 11.6 Å². The molecule has 0 heterocycles. The number of unbranched alkanes of at least 4 members (excludes halogenated alkanes) is 1. The standard InChI is InChI=1S/C7H13NO.ClH.H3N/c1-3-4-5-6(2)7(8)9;;/h5H,3-4H2,1-2H3,(H2,8,9);1H;1H3. The Morgan fingerprint density at radius 1 is 1.55 bits per heavy atom. The maximum absolute atomic E-state index is 10.4. The fourth-order valence-corrected chi connectivity index (χ4v) is 0.461. The first-order chi connectivity index (χ1) is 4.18. The van der Waals surface area contributed by atoms with Crippen LogP contribution < -0.4 is 11.9 Å². The van der Waals surface area contributed by atoms with E-state index in [1.807, 2.05) is 6.08 Å². The van der Waals surface area contributed by atoms with Crippen LogP contribution in [0, 0.1) is 0 Å². The molecule has 4 heteroatoms. The largest absolute Gasteiger partial charge is 0.366 e. The van der Waals surface area contributed by atoms with Crippen LogP contribution in [-0.4, -0.2) is 5.91 Å². The van der Waals surface area contributed by atoms with Crippen LogP contribution in [0.3, 0.4) is 0 Å². The van der Waals surface area contributed by atoms with Crippen molar-refractivity contribution in [3.05, 3.63) is 11.6 Å². The van der Waals surface area contributed by atoms with E-state index in [4.69, 9.17) is 5.73 Å². The van der Waals surface area contributed by atoms with Gasteiger partial charge in [-0.2, -0.15) is 0 Å². The number of hydrogen-bond acceptors (Lipinski definition) is 2. The van der Waals surface area contributed by atoms with Gasteiger partial charge in [0.25, 0.3) is 0 Å². The number of primary amides is 1. The van der Waals surface area contributed by atoms with E-state index in [9.17, 15) is 4.79 Å². The fourth-order valence-electron chi connectivity index (χ4n) is 0.461. The third kappa shape index (κ3) is 9.46. The van der Waals surface area contributed by atoms with Gasteiger partial charge in [-0.3, -0.25) is 4.79 Å². The van der Waals surface area contributed by atoms with Gasteiger partial charge < -0.3 is 11.9 Å². The molecule has 0 aliphatic rings. The average Bonchev–Trinajstić information content (AvgIpc) is 1.82. The molecule has 0 unspecified atom stereocenters. The third-order valence-corrected chi connectivity index (χ3v) is 1.13. The number of carbonyl (C=O) groups excluding carboxylic acids is 1. The lowest BCUT2D eigenvalue weighted by Gasteiger charge is -1.90. The van der Waals surface area contributed by atoms with Gasteiger partial charge in [0, 0.05) is 5.57 Å². The minimum absolute atomic E-state index is 0. The molecule has 0 aromatic carbocycles. The third-order valence-electron chi connectivity index (χ3n) is 1.13. The van der Waals surface area contributed by atoms with Crippen LogP contribution in [0.25, 0.3) is 0 Å². The Morgan fingerprint density at radius 2 is 2.00 bits per heavy atom. The summed E-state index contributed by atoms with van der Waals surface area (Å²) in [5.41, 5.74) is 5.63. The van der Waals surface area contributed by atoms with Crippen LogP contribution in [0.5, 0.6) is 0 Å². The van der Waals surface area contributed by atoms with E-state index in [2.05, 4.69) is 6.92 Å². The normalized spacial score (nSPS) is 9.45. The molecular formula is C7H17ClN2O. The molecule has 1 amide bonds. The van der Waals surface area contributed by atoms with E-state index in [1.165, 1.54) is 0 Å². The molecule has 3 nitrogen and oxygen atoms in total. The van der Waals surface area contributed by atoms with Crippen molar-refractivity contribution in [3.8, 4) is 0 Å². The van der Waals surface area contributed by atoms with Gasteiger partial charge in [-0.05, 0) is 13.3 Å². The number of amides is 1. The molecule has 0 aromatic rings. The minimum Gasteiger partial charge on any atom is -0.366 e. The highest BCUT2D eigenvalue weighted by atomic mass is 35.5. The summed E-state index contributed by atoms with van der Waals surface area (Å²) in [6, 6.07) is 0. The average molecular weight is 181 g/mol. The minimum atomic E-state index is -0.316. The van der Waals surface area contributed by atoms with Gasteiger partial charge in [-0.1, -0.05) is 19.4 Å². The molecule has 68 valence electrons. The zero-order chi connectivity index (χ0) is 7.28. The maximum atomic E-state index is 10.4. The highest BCUT2D eigenvalue weighted by Gasteiger charge is 1.93. The molecule has 0 aliphatic heterocycles. The second kappa shape index (κ2) is 9.46. The van der Waals surface area contributed by atoms with Crippen molar-refractivity contribution < 1.29 is 4.79 Å². The molecule has 11 heavy (non-hydrogen) atoms. The fraction of sp³-hybridized carbons (Fsp3) is 0.571. The first-order valence-electron chi connectivity index (χ1n) is 3.15. The molecule has 0 atom stereocenters. The second-order valence-electron chi connectivity index (χ2n) is 2.04. The number of rotatable bonds is 3. The summed E-state index contributed by atoms with van der Waals surface area (Å²) in [5, 5.41) is 0. The van der Waals surface area contributed by atoms with Crippen molar-refractivity contribution in [1.82, 2.24) is 6.15 Å². The number of carbonyl (C=O) groups is 1. The Kier molecular flexibility index (Phi) is 14.5. The van der Waals surface area contributed by atoms with E-state index in [-0.39, 0.29) is 24.5 Å². The van der Waals surface area contributed by atoms with E-state index in [0.717, 1.165) is 12.8 Å². The highest BCUT2D eigenvalue weighted by molar-refractivity contribution is 5.91. The Morgan fingerprint density at radius 3 is 2.27 bits per heavy atom. The van der Waals surface area contributed by atoms with Gasteiger partial charge in [0.1, 0.15) is 0 Å². The summed E-state index contributed by atoms with van der Waals surface area (Å²) in [7, 11) is 0. The van der Waals surface area contributed by atoms with E-state index < -0.39 is 0 Å². The first kappa shape index (κ1) is 16.8. The Hall–Kier alpha value is -0.540. The quantitative estimate of drug-likeness (QED) is 0.650. The van der Waals surface area contributed by atoms with Crippen LogP contribution in [0.1, 0.15) is 26.7 Å². The Labute approximate surface area is 74.0 Å². The van der Waals surface area contributed by atoms with Crippen molar-refractivity contribution >= 4 is 18.3 Å². The molecule has 0 rings (SSSR count). The maximum Gasteiger partial charge on any atom is 0.244 e. The Bertz CT molecular complexity index is 134. The van der Waals surface area contributed by atoms with Crippen LogP contribution in [0.4, 0.5) is 0 Å². The molecule has 0 saturated carbocycles. The molecular weight excluding hydrogens is 164 g/mol. The Balaban J connectivity index is -0.000000320. The number of hydrogen-bond donors (Lipinski definition) is 2. The van der Waals surface area contributed by atoms with Crippen LogP contribution in [0.2, 0.25) is 0 Å². The van der Waals surface area contributed by atoms with Gasteiger partial charge in [0.05, 0.1) is 0 Å². The molecule has 0 spiro atoms. The zero-order valence-corrected chi connectivity index (χ0v) is 7.91. The van der Waals surface area contributed by atoms with Gasteiger partial charge in [-0.15, -0.1) is 12.4 Å². The van der Waals surface area contributed by atoms with E-state index in [1.54, 1.807) is 6.92 Å². The SMILES string of the molecule is CCCC=C(C)C(N)=O.Cl.N. The molecule has 0 radical (unpaired) electrons. The van der Waals surface area contributed by atoms with Crippen molar-refractivity contribution in [2.24, 2.45) is 5.73 Å². The van der Waals surface area contributed by atoms with E-state index >= 15 is 0 Å². The lowest BCUT2D eigenvalue weighted by Crippen LogP contribution is -2.11. The molecule has 0 aliphatic carbocycles. The summed E-state index contributed by atoms with van der Waals surface area (Å²) >= 11 is 0. The lowest BCUT2D eigenvalue weighted by atomic mass is 10.2. The summed E-state index contributed by atoms with van der Waals surface area (Å²) in [6.45, 7) is 3.79. The molecule has 0 saturated heterocycles. The lowest BCUT2D eigenvalue weighted by molar-refractivity contribution is -0.114. The first-order valence-corrected chi connectivity index (χ1v) is 3.15. The topological polar surface area (TPSA) is 78.1 Å². The van der Waals surface area contributed by atoms with Gasteiger partial charge in [0.15, 0.2) is 0 Å². The predicted molar refractivity (Wildman–Crippen MR) is 50.1 cm³/mol. The number of allylic oxidation sites excluding steroid dienone is 1. The van der Waals surface area contributed by atoms with Gasteiger partial charge >= 0.3 is 0 Å². The monoisotopic (exact) mass is 180 g/mol. The van der Waals surface area contributed by atoms with Crippen molar-refractivity contribution in [1.29, 1.82) is 0 Å². The highest BCUT2D eigenvalue weighted by Crippen LogP contribution is 1.95. The summed E-state index contributed by atoms with van der Waals surface area (Å²) < 4.78 is 0. The zero-order valence-electron chi connectivity index (χ0n) is 7.09. The van der Waals surface area contributed by atoms with Crippen LogP contribution >= 0.6 is 12.4 Å². The van der Waals surface area contributed by atoms with Crippen LogP contribution in [-0.2, 0) is 4.79 Å². The second-order valence-corrected chi connectivity index (χ2v) is 2.04. The summed E-state index contributed by atoms with van der Waals surface area (Å²) in [6.07, 6.45) is 3.86. The van der Waals surface area contributed by atoms with Crippen molar-refractivity contribution in [2.45, 2.75) is 26.7 Å². The molecule has 5 N–H and O–H groups in total. The summed E-state index contributed by atoms with van der Waals surface area (Å²) in [5.74, 6) is -0.316. The van der Waals surface area contributed by atoms with Gasteiger partial charge in [0.2, 0.25) is 5.91 Å². The summed E-state index contributed by atoms with van der Waals surface area (Å²) in [4.78, 5) is 10.4. The molecule has 0 aromatic heterocycles. The van der Waals surface area contributed by atoms with E-state index in [0.29, 0.717) is 5.57 Å². The number of nitrogens with two attached hydrogens (primary N) is 1. The van der Waals surface area contributed by atoms with Crippen molar-refractivity contribution in [2.75, 3.05) is 0 Å². The molecule has 0 bridgehead atoms. The number of halogens is 1. The smallest absolute Gasteiger partial charge is 0.244 e. The predicted octanol–water partition coefficient (Wildman–Crippen LogP) is 1.80.